The van der Waals surface area contributed by atoms with Crippen molar-refractivity contribution in [3.05, 3.63) is 65.2 Å². The number of hydrogen-bond donors (Lipinski definition) is 2. The summed E-state index contributed by atoms with van der Waals surface area (Å²) in [5, 5.41) is 5.58. The van der Waals surface area contributed by atoms with E-state index in [4.69, 9.17) is 4.74 Å². The zero-order valence-electron chi connectivity index (χ0n) is 18.2. The van der Waals surface area contributed by atoms with Gasteiger partial charge in [-0.3, -0.25) is 19.4 Å². The van der Waals surface area contributed by atoms with E-state index < -0.39 is 6.03 Å². The van der Waals surface area contributed by atoms with Gasteiger partial charge in [0.1, 0.15) is 5.75 Å². The Morgan fingerprint density at radius 1 is 1.09 bits per heavy atom. The summed E-state index contributed by atoms with van der Waals surface area (Å²) in [5.74, 6) is 0.278. The first kappa shape index (κ1) is 21.8. The molecule has 2 aliphatic rings. The van der Waals surface area contributed by atoms with Gasteiger partial charge in [-0.15, -0.1) is 0 Å². The van der Waals surface area contributed by atoms with Crippen LogP contribution in [0.25, 0.3) is 0 Å². The number of hydrogen-bond acceptors (Lipinski definition) is 5. The molecule has 8 nitrogen and oxygen atoms in total. The molecule has 0 bridgehead atoms. The lowest BCUT2D eigenvalue weighted by molar-refractivity contribution is -0.125. The Hall–Kier alpha value is -3.39. The van der Waals surface area contributed by atoms with Gasteiger partial charge in [0.25, 0.3) is 5.91 Å². The highest BCUT2D eigenvalue weighted by atomic mass is 16.5. The number of carbonyl (C=O) groups excluding carboxylic acids is 3. The lowest BCUT2D eigenvalue weighted by atomic mass is 10.0. The van der Waals surface area contributed by atoms with Crippen molar-refractivity contribution < 1.29 is 19.1 Å². The quantitative estimate of drug-likeness (QED) is 0.620. The fourth-order valence-corrected chi connectivity index (χ4v) is 4.38. The van der Waals surface area contributed by atoms with Crippen LogP contribution in [0.1, 0.15) is 40.4 Å². The average molecular weight is 437 g/mol. The minimum absolute atomic E-state index is 0.00398. The van der Waals surface area contributed by atoms with Crippen LogP contribution < -0.4 is 15.4 Å². The first-order chi connectivity index (χ1) is 15.6. The summed E-state index contributed by atoms with van der Waals surface area (Å²) in [4.78, 5) is 40.5. The van der Waals surface area contributed by atoms with E-state index in [1.807, 2.05) is 24.3 Å². The summed E-state index contributed by atoms with van der Waals surface area (Å²) in [6.07, 6.45) is 2.27. The van der Waals surface area contributed by atoms with Gasteiger partial charge in [-0.2, -0.15) is 0 Å². The van der Waals surface area contributed by atoms with Gasteiger partial charge in [-0.1, -0.05) is 36.4 Å². The number of nitrogens with zero attached hydrogens (tertiary/aromatic N) is 2. The zero-order valence-corrected chi connectivity index (χ0v) is 18.2. The van der Waals surface area contributed by atoms with Crippen LogP contribution in [0, 0.1) is 0 Å². The van der Waals surface area contributed by atoms with E-state index in [0.717, 1.165) is 42.1 Å². The Bertz CT molecular complexity index is 987. The minimum atomic E-state index is -0.435. The predicted molar refractivity (Wildman–Crippen MR) is 119 cm³/mol. The normalized spacial score (nSPS) is 17.3. The highest BCUT2D eigenvalue weighted by Gasteiger charge is 2.30. The second-order valence-electron chi connectivity index (χ2n) is 8.01. The van der Waals surface area contributed by atoms with Crippen molar-refractivity contribution in [1.82, 2.24) is 20.4 Å². The maximum absolute atomic E-state index is 13.1. The maximum Gasteiger partial charge on any atom is 0.324 e. The Labute approximate surface area is 187 Å². The third-order valence-electron chi connectivity index (χ3n) is 6.06. The van der Waals surface area contributed by atoms with Crippen molar-refractivity contribution in [3.63, 3.8) is 0 Å². The van der Waals surface area contributed by atoms with Crippen LogP contribution in [0.2, 0.25) is 0 Å². The number of nitrogens with one attached hydrogen (secondary N) is 2. The zero-order chi connectivity index (χ0) is 22.5. The number of benzene rings is 2. The van der Waals surface area contributed by atoms with E-state index in [9.17, 15) is 14.4 Å². The number of ether oxygens (including phenoxy) is 1. The number of carbonyl (C=O) groups is 3. The summed E-state index contributed by atoms with van der Waals surface area (Å²) in [6.45, 7) is 2.43. The number of urea groups is 1. The maximum atomic E-state index is 13.1. The van der Waals surface area contributed by atoms with Gasteiger partial charge < -0.3 is 15.4 Å². The van der Waals surface area contributed by atoms with Gasteiger partial charge in [0.2, 0.25) is 5.91 Å². The van der Waals surface area contributed by atoms with Gasteiger partial charge in [0.05, 0.1) is 26.2 Å². The van der Waals surface area contributed by atoms with Crippen LogP contribution in [-0.2, 0) is 11.3 Å². The molecule has 0 radical (unpaired) electrons. The number of amides is 4. The van der Waals surface area contributed by atoms with Crippen molar-refractivity contribution in [2.75, 3.05) is 33.3 Å². The van der Waals surface area contributed by atoms with Crippen LogP contribution in [-0.4, -0.2) is 60.9 Å². The van der Waals surface area contributed by atoms with Crippen molar-refractivity contribution in [3.8, 4) is 5.75 Å². The van der Waals surface area contributed by atoms with E-state index in [1.165, 1.54) is 0 Å². The Kier molecular flexibility index (Phi) is 6.70. The lowest BCUT2D eigenvalue weighted by Gasteiger charge is -2.29. The fourth-order valence-electron chi connectivity index (χ4n) is 4.38. The molecule has 168 valence electrons. The SMILES string of the molecule is COc1ccccc1[C@@H](CNC(=O)c1ccccc1CN1C(=O)CNC1=O)N1CCCC1. The van der Waals surface area contributed by atoms with E-state index >= 15 is 0 Å². The lowest BCUT2D eigenvalue weighted by Crippen LogP contribution is -2.37. The van der Waals surface area contributed by atoms with Crippen molar-refractivity contribution in [1.29, 1.82) is 0 Å². The van der Waals surface area contributed by atoms with Gasteiger partial charge in [-0.25, -0.2) is 4.79 Å². The molecule has 4 rings (SSSR count). The molecule has 2 N–H and O–H groups in total. The standard InChI is InChI=1S/C24H28N4O4/c1-32-21-11-5-4-10-19(21)20(27-12-6-7-13-27)14-25-23(30)18-9-3-2-8-17(18)16-28-22(29)15-26-24(28)31/h2-5,8-11,20H,6-7,12-16H2,1H3,(H,25,30)(H,26,31)/t20-/m1/s1. The second kappa shape index (κ2) is 9.82. The highest BCUT2D eigenvalue weighted by Crippen LogP contribution is 2.31. The van der Waals surface area contributed by atoms with Crippen LogP contribution >= 0.6 is 0 Å². The molecule has 2 aromatic carbocycles. The molecule has 2 aromatic rings. The smallest absolute Gasteiger partial charge is 0.324 e. The monoisotopic (exact) mass is 436 g/mol. The molecule has 1 atom stereocenters. The molecule has 0 aliphatic carbocycles. The highest BCUT2D eigenvalue weighted by molar-refractivity contribution is 6.02. The van der Waals surface area contributed by atoms with Crippen LogP contribution in [0.5, 0.6) is 5.75 Å². The Balaban J connectivity index is 1.51. The number of rotatable bonds is 8. The van der Waals surface area contributed by atoms with Crippen LogP contribution in [0.15, 0.2) is 48.5 Å². The average Bonchev–Trinajstić information content (AvgIpc) is 3.46. The number of imide groups is 1. The van der Waals surface area contributed by atoms with Crippen LogP contribution in [0.3, 0.4) is 0 Å². The molecule has 0 spiro atoms. The molecule has 0 aromatic heterocycles. The van der Waals surface area contributed by atoms with Gasteiger partial charge >= 0.3 is 6.03 Å². The molecular weight excluding hydrogens is 408 g/mol. The first-order valence-electron chi connectivity index (χ1n) is 10.9. The topological polar surface area (TPSA) is 91.0 Å². The summed E-state index contributed by atoms with van der Waals surface area (Å²) < 4.78 is 5.58. The van der Waals surface area contributed by atoms with Crippen molar-refractivity contribution in [2.45, 2.75) is 25.4 Å². The molecular formula is C24H28N4O4. The predicted octanol–water partition coefficient (Wildman–Crippen LogP) is 2.31. The molecule has 4 amide bonds. The van der Waals surface area contributed by atoms with E-state index in [-0.39, 0.29) is 30.9 Å². The first-order valence-corrected chi connectivity index (χ1v) is 10.9. The molecule has 2 heterocycles. The molecule has 2 fully saturated rings. The number of para-hydroxylation sites is 1. The number of likely N-dealkylation sites (tertiary alicyclic amines) is 1. The van der Waals surface area contributed by atoms with Crippen molar-refractivity contribution >= 4 is 17.8 Å². The minimum Gasteiger partial charge on any atom is -0.496 e. The molecule has 32 heavy (non-hydrogen) atoms. The second-order valence-corrected chi connectivity index (χ2v) is 8.01. The fraction of sp³-hybridized carbons (Fsp3) is 0.375. The van der Waals surface area contributed by atoms with E-state index in [2.05, 4.69) is 15.5 Å². The Morgan fingerprint density at radius 2 is 1.81 bits per heavy atom. The van der Waals surface area contributed by atoms with Crippen molar-refractivity contribution in [2.24, 2.45) is 0 Å². The van der Waals surface area contributed by atoms with E-state index in [0.29, 0.717) is 17.7 Å². The molecule has 2 aliphatic heterocycles. The molecule has 2 saturated heterocycles. The van der Waals surface area contributed by atoms with Gasteiger partial charge in [0.15, 0.2) is 0 Å². The largest absolute Gasteiger partial charge is 0.496 e. The third-order valence-corrected chi connectivity index (χ3v) is 6.06. The summed E-state index contributed by atoms with van der Waals surface area (Å²) in [7, 11) is 1.66. The Morgan fingerprint density at radius 3 is 2.53 bits per heavy atom. The third kappa shape index (κ3) is 4.60. The molecule has 0 unspecified atom stereocenters. The molecule has 8 heteroatoms. The van der Waals surface area contributed by atoms with Gasteiger partial charge in [0, 0.05) is 17.7 Å². The summed E-state index contributed by atoms with van der Waals surface area (Å²) >= 11 is 0. The van der Waals surface area contributed by atoms with E-state index in [1.54, 1.807) is 31.4 Å². The summed E-state index contributed by atoms with van der Waals surface area (Å²) in [5.41, 5.74) is 2.13. The van der Waals surface area contributed by atoms with Crippen LogP contribution in [0.4, 0.5) is 4.79 Å². The summed E-state index contributed by atoms with van der Waals surface area (Å²) in [6, 6.07) is 14.5. The molecule has 0 saturated carbocycles. The number of methoxy groups -OCH3 is 1. The van der Waals surface area contributed by atoms with Gasteiger partial charge in [-0.05, 0) is 43.6 Å².